The Morgan fingerprint density at radius 3 is 2.64 bits per heavy atom. The fourth-order valence-corrected chi connectivity index (χ4v) is 6.07. The van der Waals surface area contributed by atoms with Gasteiger partial charge in [-0.2, -0.15) is 9.57 Å². The normalized spacial score (nSPS) is 17.1. The van der Waals surface area contributed by atoms with Crippen LogP contribution in [-0.4, -0.2) is 24.4 Å². The number of aromatic nitrogens is 1. The summed E-state index contributed by atoms with van der Waals surface area (Å²) in [6, 6.07) is 16.6. The molecule has 3 aromatic rings. The van der Waals surface area contributed by atoms with Crippen LogP contribution in [0.5, 0.6) is 0 Å². The Kier molecular flexibility index (Phi) is 6.82. The summed E-state index contributed by atoms with van der Waals surface area (Å²) in [5.41, 5.74) is 3.53. The summed E-state index contributed by atoms with van der Waals surface area (Å²) in [6.45, 7) is 5.16. The minimum atomic E-state index is -3.91. The summed E-state index contributed by atoms with van der Waals surface area (Å²) in [5, 5.41) is 17.1. The summed E-state index contributed by atoms with van der Waals surface area (Å²) in [7, 11) is -3.91. The van der Waals surface area contributed by atoms with Gasteiger partial charge in [0, 0.05) is 19.2 Å². The molecule has 0 radical (unpaired) electrons. The van der Waals surface area contributed by atoms with E-state index in [0.29, 0.717) is 36.8 Å². The van der Waals surface area contributed by atoms with E-state index in [2.05, 4.69) is 42.5 Å². The molecule has 2 aromatic carbocycles. The van der Waals surface area contributed by atoms with Gasteiger partial charge in [-0.25, -0.2) is 8.42 Å². The summed E-state index contributed by atoms with van der Waals surface area (Å²) in [4.78, 5) is 0.0144. The van der Waals surface area contributed by atoms with Gasteiger partial charge in [0.25, 0.3) is 0 Å². The Bertz CT molecular complexity index is 1230. The van der Waals surface area contributed by atoms with Crippen LogP contribution in [0.25, 0.3) is 0 Å². The molecule has 0 bridgehead atoms. The zero-order valence-corrected chi connectivity index (χ0v) is 19.7. The molecule has 1 saturated heterocycles. The minimum Gasteiger partial charge on any atom is -0.380 e. The molecular weight excluding hydrogens is 436 g/mol. The van der Waals surface area contributed by atoms with Gasteiger partial charge >= 0.3 is 0 Å². The molecule has 0 unspecified atom stereocenters. The number of hydrogen-bond donors (Lipinski definition) is 1. The summed E-state index contributed by atoms with van der Waals surface area (Å²) < 4.78 is 33.8. The lowest BCUT2D eigenvalue weighted by atomic mass is 10.0. The maximum Gasteiger partial charge on any atom is 0.245 e. The number of rotatable bonds is 7. The molecule has 7 nitrogen and oxygen atoms in total. The molecule has 33 heavy (non-hydrogen) atoms. The summed E-state index contributed by atoms with van der Waals surface area (Å²) >= 11 is 0. The van der Waals surface area contributed by atoms with Crippen LogP contribution in [-0.2, 0) is 16.6 Å². The first kappa shape index (κ1) is 23.0. The average Bonchev–Trinajstić information content (AvgIpc) is 3.37. The number of nitriles is 1. The molecule has 1 fully saturated rings. The molecule has 172 valence electrons. The van der Waals surface area contributed by atoms with E-state index in [-0.39, 0.29) is 10.5 Å². The number of piperidine rings is 1. The second-order valence-corrected chi connectivity index (χ2v) is 10.5. The summed E-state index contributed by atoms with van der Waals surface area (Å²) in [6.07, 6.45) is 3.79. The van der Waals surface area contributed by atoms with E-state index in [0.717, 1.165) is 18.4 Å². The van der Waals surface area contributed by atoms with Crippen LogP contribution >= 0.6 is 0 Å². The van der Waals surface area contributed by atoms with Gasteiger partial charge in [0.15, 0.2) is 0 Å². The van der Waals surface area contributed by atoms with E-state index in [4.69, 9.17) is 4.52 Å². The highest BCUT2D eigenvalue weighted by Gasteiger charge is 2.37. The van der Waals surface area contributed by atoms with Crippen LogP contribution in [0.15, 0.2) is 64.2 Å². The predicted molar refractivity (Wildman–Crippen MR) is 126 cm³/mol. The van der Waals surface area contributed by atoms with Crippen LogP contribution < -0.4 is 5.32 Å². The Morgan fingerprint density at radius 2 is 1.97 bits per heavy atom. The predicted octanol–water partition coefficient (Wildman–Crippen LogP) is 5.20. The largest absolute Gasteiger partial charge is 0.380 e. The van der Waals surface area contributed by atoms with E-state index in [1.54, 1.807) is 18.2 Å². The van der Waals surface area contributed by atoms with Gasteiger partial charge in [-0.1, -0.05) is 55.8 Å². The highest BCUT2D eigenvalue weighted by atomic mass is 32.2. The number of nitrogens with one attached hydrogen (secondary N) is 1. The van der Waals surface area contributed by atoms with Crippen molar-refractivity contribution in [3.63, 3.8) is 0 Å². The van der Waals surface area contributed by atoms with Crippen LogP contribution in [0.2, 0.25) is 0 Å². The van der Waals surface area contributed by atoms with Gasteiger partial charge in [0.1, 0.15) is 22.9 Å². The van der Waals surface area contributed by atoms with E-state index in [9.17, 15) is 13.7 Å². The van der Waals surface area contributed by atoms with E-state index in [1.165, 1.54) is 22.2 Å². The molecule has 8 heteroatoms. The molecule has 1 aliphatic heterocycles. The maximum absolute atomic E-state index is 13.7. The van der Waals surface area contributed by atoms with Crippen molar-refractivity contribution in [3.8, 4) is 6.07 Å². The van der Waals surface area contributed by atoms with Crippen molar-refractivity contribution in [3.05, 3.63) is 77.2 Å². The molecule has 0 spiro atoms. The number of anilines is 1. The smallest absolute Gasteiger partial charge is 0.245 e. The molecular formula is C25H28N4O3S. The Balaban J connectivity index is 1.61. The lowest BCUT2D eigenvalue weighted by molar-refractivity contribution is 0.243. The number of sulfonamides is 1. The average molecular weight is 465 g/mol. The number of nitrogens with zero attached hydrogens (tertiary/aromatic N) is 3. The third kappa shape index (κ3) is 4.80. The molecule has 2 heterocycles. The fraction of sp³-hybridized carbons (Fsp3) is 0.360. The standard InChI is InChI=1S/C25H28N4O3S/c1-18(2)20-11-9-19(10-12-20)17-27-22-6-5-8-25(21(22)16-26)33(30,31)29-14-4-3-7-24(29)23-13-15-32-28-23/h5-6,8-13,15,18,24,27H,3-4,7,14,17H2,1-2H3/t24-/m0/s1. The third-order valence-electron chi connectivity index (χ3n) is 6.11. The zero-order valence-electron chi connectivity index (χ0n) is 18.9. The maximum atomic E-state index is 13.7. The Hall–Kier alpha value is -3.15. The van der Waals surface area contributed by atoms with Crippen LogP contribution in [0.4, 0.5) is 5.69 Å². The van der Waals surface area contributed by atoms with E-state index < -0.39 is 16.1 Å². The first-order chi connectivity index (χ1) is 15.9. The van der Waals surface area contributed by atoms with Crippen molar-refractivity contribution in [1.29, 1.82) is 5.26 Å². The molecule has 1 aliphatic rings. The topological polar surface area (TPSA) is 99.2 Å². The van der Waals surface area contributed by atoms with Gasteiger partial charge in [-0.3, -0.25) is 0 Å². The molecule has 1 N–H and O–H groups in total. The Labute approximate surface area is 195 Å². The lowest BCUT2D eigenvalue weighted by Gasteiger charge is -2.33. The number of hydrogen-bond acceptors (Lipinski definition) is 6. The van der Waals surface area contributed by atoms with Crippen LogP contribution in [0.3, 0.4) is 0 Å². The van der Waals surface area contributed by atoms with Crippen molar-refractivity contribution >= 4 is 15.7 Å². The van der Waals surface area contributed by atoms with Crippen molar-refractivity contribution in [2.75, 3.05) is 11.9 Å². The lowest BCUT2D eigenvalue weighted by Crippen LogP contribution is -2.39. The quantitative estimate of drug-likeness (QED) is 0.516. The van der Waals surface area contributed by atoms with Crippen LogP contribution in [0, 0.1) is 11.3 Å². The van der Waals surface area contributed by atoms with Gasteiger partial charge in [-0.15, -0.1) is 0 Å². The number of benzene rings is 2. The highest BCUT2D eigenvalue weighted by Crippen LogP contribution is 2.36. The molecule has 0 saturated carbocycles. The SMILES string of the molecule is CC(C)c1ccc(CNc2cccc(S(=O)(=O)N3CCCC[C@H]3c3ccon3)c2C#N)cc1. The summed E-state index contributed by atoms with van der Waals surface area (Å²) in [5.74, 6) is 0.454. The fourth-order valence-electron chi connectivity index (χ4n) is 4.23. The molecule has 1 atom stereocenters. The first-order valence-corrected chi connectivity index (χ1v) is 12.6. The zero-order chi connectivity index (χ0) is 23.4. The van der Waals surface area contributed by atoms with Gasteiger partial charge in [0.05, 0.1) is 17.3 Å². The first-order valence-electron chi connectivity index (χ1n) is 11.2. The molecule has 0 aliphatic carbocycles. The highest BCUT2D eigenvalue weighted by molar-refractivity contribution is 7.89. The van der Waals surface area contributed by atoms with Crippen molar-refractivity contribution < 1.29 is 12.9 Å². The van der Waals surface area contributed by atoms with Crippen molar-refractivity contribution in [1.82, 2.24) is 9.46 Å². The van der Waals surface area contributed by atoms with Crippen molar-refractivity contribution in [2.45, 2.75) is 56.5 Å². The Morgan fingerprint density at radius 1 is 1.18 bits per heavy atom. The minimum absolute atomic E-state index is 0.0144. The second-order valence-electron chi connectivity index (χ2n) is 8.59. The van der Waals surface area contributed by atoms with E-state index >= 15 is 0 Å². The molecule has 0 amide bonds. The second kappa shape index (κ2) is 9.77. The van der Waals surface area contributed by atoms with Gasteiger partial charge in [-0.05, 0) is 42.0 Å². The van der Waals surface area contributed by atoms with Gasteiger partial charge < -0.3 is 9.84 Å². The van der Waals surface area contributed by atoms with Crippen LogP contribution in [0.1, 0.15) is 67.5 Å². The monoisotopic (exact) mass is 464 g/mol. The third-order valence-corrected chi connectivity index (χ3v) is 8.06. The molecule has 4 rings (SSSR count). The van der Waals surface area contributed by atoms with E-state index in [1.807, 2.05) is 12.1 Å². The van der Waals surface area contributed by atoms with Gasteiger partial charge in [0.2, 0.25) is 10.0 Å². The van der Waals surface area contributed by atoms with Crippen molar-refractivity contribution in [2.24, 2.45) is 0 Å². The molecule has 1 aromatic heterocycles.